The Hall–Kier alpha value is -4.83. The lowest BCUT2D eigenvalue weighted by Crippen LogP contribution is -2.40. The normalized spacial score (nSPS) is 12.8. The Morgan fingerprint density at radius 2 is 2.02 bits per heavy atom. The average molecular weight is 597 g/mol. The van der Waals surface area contributed by atoms with Gasteiger partial charge in [0.05, 0.1) is 36.5 Å². The number of carboxylic acid groups (broad SMARTS) is 1. The minimum Gasteiger partial charge on any atom is -0.479 e. The molecule has 0 radical (unpaired) electrons. The standard InChI is InChI=1S/C28H30ClFN8O4/c1-14(2)23(35-20-12-33-28(37(3)4)36-25(20)42-6)21(22(32)27(40)41)24(15-7-8-16(11-31)19(30)9-15)34-17-10-18(29)26(39)38(5)13-17/h7-10,12-14,21,24,32,34H,1-6H3,(H,40,41). The van der Waals surface area contributed by atoms with Gasteiger partial charge in [-0.25, -0.2) is 19.2 Å². The van der Waals surface area contributed by atoms with Crippen molar-refractivity contribution in [3.8, 4) is 11.9 Å². The van der Waals surface area contributed by atoms with Crippen molar-refractivity contribution in [3.05, 3.63) is 69.0 Å². The molecule has 0 aliphatic rings. The summed E-state index contributed by atoms with van der Waals surface area (Å²) in [5, 5.41) is 31.0. The summed E-state index contributed by atoms with van der Waals surface area (Å²) >= 11 is 6.13. The van der Waals surface area contributed by atoms with Crippen LogP contribution in [0.25, 0.3) is 0 Å². The van der Waals surface area contributed by atoms with Crippen LogP contribution >= 0.6 is 11.6 Å². The van der Waals surface area contributed by atoms with Crippen LogP contribution in [0.1, 0.15) is 31.0 Å². The number of hydrogen-bond acceptors (Lipinski definition) is 10. The molecule has 2 unspecified atom stereocenters. The molecule has 12 nitrogen and oxygen atoms in total. The van der Waals surface area contributed by atoms with Gasteiger partial charge in [-0.3, -0.25) is 10.2 Å². The first-order valence-electron chi connectivity index (χ1n) is 12.6. The largest absolute Gasteiger partial charge is 0.479 e. The fourth-order valence-electron chi connectivity index (χ4n) is 4.21. The fraction of sp³-hybridized carbons (Fsp3) is 0.321. The van der Waals surface area contributed by atoms with Gasteiger partial charge >= 0.3 is 5.97 Å². The highest BCUT2D eigenvalue weighted by molar-refractivity contribution is 6.40. The number of pyridine rings is 1. The number of nitrogens with one attached hydrogen (secondary N) is 2. The fourth-order valence-corrected chi connectivity index (χ4v) is 4.46. The lowest BCUT2D eigenvalue weighted by atomic mass is 9.80. The van der Waals surface area contributed by atoms with Gasteiger partial charge in [-0.1, -0.05) is 31.5 Å². The van der Waals surface area contributed by atoms with Crippen LogP contribution in [0.15, 0.2) is 46.4 Å². The van der Waals surface area contributed by atoms with Crippen LogP contribution in [0.5, 0.6) is 5.88 Å². The number of aryl methyl sites for hydroxylation is 1. The van der Waals surface area contributed by atoms with Gasteiger partial charge in [-0.15, -0.1) is 0 Å². The SMILES string of the molecule is COc1nc(N(C)C)ncc1N=C(C(C)C)C(C(=N)C(=O)O)C(Nc1cc(Cl)c(=O)n(C)c1)c1ccc(C#N)c(F)c1. The minimum atomic E-state index is -1.53. The van der Waals surface area contributed by atoms with E-state index in [0.29, 0.717) is 11.6 Å². The third-order valence-corrected chi connectivity index (χ3v) is 6.56. The molecule has 14 heteroatoms. The van der Waals surface area contributed by atoms with E-state index in [9.17, 15) is 24.3 Å². The molecule has 3 aromatic rings. The van der Waals surface area contributed by atoms with Crippen LogP contribution in [0.4, 0.5) is 21.7 Å². The minimum absolute atomic E-state index is 0.113. The number of hydrogen-bond donors (Lipinski definition) is 3. The van der Waals surface area contributed by atoms with Crippen LogP contribution in [-0.2, 0) is 11.8 Å². The second-order valence-corrected chi connectivity index (χ2v) is 10.2. The Labute approximate surface area is 246 Å². The average Bonchev–Trinajstić information content (AvgIpc) is 2.94. The molecular formula is C28H30ClFN8O4. The zero-order valence-corrected chi connectivity index (χ0v) is 24.6. The number of nitriles is 1. The van der Waals surface area contributed by atoms with Gasteiger partial charge in [0, 0.05) is 33.1 Å². The zero-order chi connectivity index (χ0) is 31.3. The molecule has 1 aromatic carbocycles. The number of anilines is 2. The Kier molecular flexibility index (Phi) is 9.98. The van der Waals surface area contributed by atoms with Gasteiger partial charge in [0.25, 0.3) is 5.56 Å². The van der Waals surface area contributed by atoms with E-state index in [0.717, 1.165) is 6.07 Å². The molecule has 3 rings (SSSR count). The topological polar surface area (TPSA) is 170 Å². The van der Waals surface area contributed by atoms with Crippen molar-refractivity contribution in [1.29, 1.82) is 10.7 Å². The third-order valence-electron chi connectivity index (χ3n) is 6.29. The maximum absolute atomic E-state index is 14.9. The Morgan fingerprint density at radius 1 is 1.33 bits per heavy atom. The van der Waals surface area contributed by atoms with E-state index in [1.54, 1.807) is 38.9 Å². The predicted octanol–water partition coefficient (Wildman–Crippen LogP) is 4.22. The van der Waals surface area contributed by atoms with Crippen LogP contribution in [0.2, 0.25) is 5.02 Å². The first-order chi connectivity index (χ1) is 19.8. The molecule has 0 bridgehead atoms. The van der Waals surface area contributed by atoms with Gasteiger partial charge in [0.15, 0.2) is 0 Å². The number of carbonyl (C=O) groups is 1. The molecule has 2 heterocycles. The van der Waals surface area contributed by atoms with E-state index in [2.05, 4.69) is 15.3 Å². The van der Waals surface area contributed by atoms with E-state index in [-0.39, 0.29) is 33.4 Å². The monoisotopic (exact) mass is 596 g/mol. The Balaban J connectivity index is 2.34. The van der Waals surface area contributed by atoms with Crippen LogP contribution in [0, 0.1) is 34.4 Å². The number of rotatable bonds is 11. The quantitative estimate of drug-likeness (QED) is 0.274. The zero-order valence-electron chi connectivity index (χ0n) is 23.8. The summed E-state index contributed by atoms with van der Waals surface area (Å²) in [7, 11) is 6.39. The molecular weight excluding hydrogens is 567 g/mol. The van der Waals surface area contributed by atoms with Crippen molar-refractivity contribution in [2.24, 2.45) is 23.9 Å². The number of benzene rings is 1. The van der Waals surface area contributed by atoms with Crippen molar-refractivity contribution in [1.82, 2.24) is 14.5 Å². The van der Waals surface area contributed by atoms with Crippen molar-refractivity contribution >= 4 is 46.3 Å². The number of ether oxygens (including phenoxy) is 1. The molecule has 0 saturated carbocycles. The summed E-state index contributed by atoms with van der Waals surface area (Å²) in [6.45, 7) is 3.53. The highest BCUT2D eigenvalue weighted by atomic mass is 35.5. The van der Waals surface area contributed by atoms with Crippen molar-refractivity contribution in [3.63, 3.8) is 0 Å². The highest BCUT2D eigenvalue weighted by Gasteiger charge is 2.37. The van der Waals surface area contributed by atoms with E-state index < -0.39 is 40.9 Å². The summed E-state index contributed by atoms with van der Waals surface area (Å²) in [6, 6.07) is 5.79. The van der Waals surface area contributed by atoms with E-state index >= 15 is 0 Å². The summed E-state index contributed by atoms with van der Waals surface area (Å²) < 4.78 is 21.6. The van der Waals surface area contributed by atoms with E-state index in [1.165, 1.54) is 49.3 Å². The molecule has 0 saturated heterocycles. The molecule has 0 aliphatic heterocycles. The molecule has 42 heavy (non-hydrogen) atoms. The predicted molar refractivity (Wildman–Crippen MR) is 158 cm³/mol. The number of methoxy groups -OCH3 is 1. The second kappa shape index (κ2) is 13.2. The van der Waals surface area contributed by atoms with E-state index in [1.807, 2.05) is 0 Å². The Morgan fingerprint density at radius 3 is 2.55 bits per heavy atom. The number of nitrogens with zero attached hydrogens (tertiary/aromatic N) is 6. The number of aromatic nitrogens is 3. The molecule has 0 spiro atoms. The second-order valence-electron chi connectivity index (χ2n) is 9.81. The van der Waals surface area contributed by atoms with Crippen molar-refractivity contribution in [2.75, 3.05) is 31.4 Å². The van der Waals surface area contributed by atoms with E-state index in [4.69, 9.17) is 26.7 Å². The van der Waals surface area contributed by atoms with Gasteiger partial charge in [0.1, 0.15) is 28.3 Å². The first-order valence-corrected chi connectivity index (χ1v) is 13.0. The van der Waals surface area contributed by atoms with Crippen LogP contribution in [-0.4, -0.2) is 58.2 Å². The molecule has 2 aromatic heterocycles. The van der Waals surface area contributed by atoms with Gasteiger partial charge in [-0.2, -0.15) is 10.2 Å². The van der Waals surface area contributed by atoms with Gasteiger partial charge in [0.2, 0.25) is 11.8 Å². The van der Waals surface area contributed by atoms with Crippen molar-refractivity contribution < 1.29 is 19.0 Å². The summed E-state index contributed by atoms with van der Waals surface area (Å²) in [5.74, 6) is -3.64. The van der Waals surface area contributed by atoms with Crippen molar-refractivity contribution in [2.45, 2.75) is 19.9 Å². The number of aliphatic carboxylic acids is 1. The Bertz CT molecular complexity index is 1620. The molecule has 3 N–H and O–H groups in total. The smallest absolute Gasteiger partial charge is 0.350 e. The number of carboxylic acids is 1. The first kappa shape index (κ1) is 31.7. The molecule has 0 fully saturated rings. The number of halogens is 2. The lowest BCUT2D eigenvalue weighted by molar-refractivity contribution is -0.129. The maximum atomic E-state index is 14.9. The summed E-state index contributed by atoms with van der Waals surface area (Å²) in [6.07, 6.45) is 2.85. The van der Waals surface area contributed by atoms with Gasteiger partial charge < -0.3 is 24.6 Å². The summed E-state index contributed by atoms with van der Waals surface area (Å²) in [5.41, 5.74) is -0.509. The molecule has 220 valence electrons. The highest BCUT2D eigenvalue weighted by Crippen LogP contribution is 2.35. The molecule has 2 atom stereocenters. The molecule has 0 aliphatic carbocycles. The summed E-state index contributed by atoms with van der Waals surface area (Å²) in [4.78, 5) is 39.5. The number of aliphatic imine (C=N–C) groups is 1. The van der Waals surface area contributed by atoms with Crippen LogP contribution in [0.3, 0.4) is 0 Å². The van der Waals surface area contributed by atoms with Gasteiger partial charge in [-0.05, 0) is 29.7 Å². The maximum Gasteiger partial charge on any atom is 0.350 e. The lowest BCUT2D eigenvalue weighted by Gasteiger charge is -2.31. The molecule has 0 amide bonds. The third kappa shape index (κ3) is 6.90. The van der Waals surface area contributed by atoms with Crippen LogP contribution < -0.4 is 20.5 Å².